The molecule has 6 heteroatoms. The van der Waals surface area contributed by atoms with Crippen molar-refractivity contribution in [3.8, 4) is 0 Å². The lowest BCUT2D eigenvalue weighted by Crippen LogP contribution is -2.48. The Morgan fingerprint density at radius 1 is 0.976 bits per heavy atom. The van der Waals surface area contributed by atoms with E-state index in [-0.39, 0.29) is 6.04 Å². The first kappa shape index (κ1) is 36.6. The van der Waals surface area contributed by atoms with Crippen LogP contribution in [0.3, 0.4) is 0 Å². The molecule has 2 atom stereocenters. The number of amidine groups is 1. The molecule has 1 aliphatic rings. The van der Waals surface area contributed by atoms with Crippen molar-refractivity contribution >= 4 is 5.84 Å². The summed E-state index contributed by atoms with van der Waals surface area (Å²) in [6, 6.07) is 0.593. The Bertz CT molecular complexity index is 902. The van der Waals surface area contributed by atoms with E-state index < -0.39 is 0 Å². The minimum absolute atomic E-state index is 0.130. The number of likely N-dealkylation sites (N-methyl/N-ethyl adjacent to an activating group) is 3. The van der Waals surface area contributed by atoms with Gasteiger partial charge in [-0.3, -0.25) is 14.8 Å². The summed E-state index contributed by atoms with van der Waals surface area (Å²) in [5.41, 5.74) is 1.28. The molecule has 0 fully saturated rings. The zero-order valence-corrected chi connectivity index (χ0v) is 27.9. The van der Waals surface area contributed by atoms with Crippen LogP contribution >= 0.6 is 0 Å². The summed E-state index contributed by atoms with van der Waals surface area (Å²) in [6.45, 7) is 21.0. The fourth-order valence-corrected chi connectivity index (χ4v) is 5.17. The molecular formula is C35H61N5O. The molecule has 41 heavy (non-hydrogen) atoms. The number of nitrogens with zero attached hydrogens (tertiary/aromatic N) is 5. The molecule has 1 aliphatic carbocycles. The second-order valence-electron chi connectivity index (χ2n) is 11.0. The van der Waals surface area contributed by atoms with Crippen molar-refractivity contribution in [2.45, 2.75) is 72.9 Å². The molecule has 0 aliphatic heterocycles. The highest BCUT2D eigenvalue weighted by atomic mass is 16.5. The van der Waals surface area contributed by atoms with Crippen molar-refractivity contribution in [3.63, 3.8) is 0 Å². The normalized spacial score (nSPS) is 16.3. The molecule has 0 amide bonds. The second-order valence-corrected chi connectivity index (χ2v) is 11.0. The molecule has 0 heterocycles. The van der Waals surface area contributed by atoms with Crippen LogP contribution in [0.2, 0.25) is 0 Å². The van der Waals surface area contributed by atoms with Crippen LogP contribution in [-0.2, 0) is 4.74 Å². The van der Waals surface area contributed by atoms with Gasteiger partial charge in [-0.15, -0.1) is 0 Å². The van der Waals surface area contributed by atoms with Gasteiger partial charge >= 0.3 is 0 Å². The third kappa shape index (κ3) is 14.9. The lowest BCUT2D eigenvalue weighted by Gasteiger charge is -2.36. The molecule has 2 unspecified atom stereocenters. The highest BCUT2D eigenvalue weighted by molar-refractivity contribution is 5.85. The van der Waals surface area contributed by atoms with Crippen LogP contribution in [0.5, 0.6) is 0 Å². The van der Waals surface area contributed by atoms with Crippen molar-refractivity contribution in [1.29, 1.82) is 0 Å². The molecule has 0 saturated carbocycles. The third-order valence-corrected chi connectivity index (χ3v) is 7.44. The zero-order chi connectivity index (χ0) is 30.5. The smallest absolute Gasteiger partial charge is 0.115 e. The number of hydrogen-bond acceptors (Lipinski definition) is 5. The minimum atomic E-state index is 0.130. The quantitative estimate of drug-likeness (QED) is 0.0719. The number of methoxy groups -OCH3 is 1. The topological polar surface area (TPSA) is 34.6 Å². The van der Waals surface area contributed by atoms with E-state index in [1.165, 1.54) is 12.0 Å². The van der Waals surface area contributed by atoms with Crippen molar-refractivity contribution in [1.82, 2.24) is 19.6 Å². The molecule has 0 aromatic carbocycles. The van der Waals surface area contributed by atoms with Crippen molar-refractivity contribution < 1.29 is 4.74 Å². The molecule has 0 saturated heterocycles. The Hall–Kier alpha value is -2.41. The number of hydrogen-bond donors (Lipinski definition) is 0. The van der Waals surface area contributed by atoms with Crippen LogP contribution in [0.25, 0.3) is 0 Å². The van der Waals surface area contributed by atoms with Crippen LogP contribution in [0, 0.1) is 0 Å². The number of ether oxygens (including phenoxy) is 1. The molecule has 0 N–H and O–H groups in total. The van der Waals surface area contributed by atoms with Crippen LogP contribution in [0.1, 0.15) is 60.8 Å². The highest BCUT2D eigenvalue weighted by Gasteiger charge is 2.22. The standard InChI is InChI=1S/C35H61N5O/c1-10-15-16-24-36-35(30-38(8)28-31(6)39(14-5)27-26-37(7)25-13-4)40(33(18-11-2)19-12-3)29-32-20-17-21-34(41-9)23-22-32/h10-12,15,18-23,31,33H,13-14,16-17,24-30H2,1-9H3/b15-10-,18-11-,19-12?,36-35?. The Morgan fingerprint density at radius 3 is 2.32 bits per heavy atom. The lowest BCUT2D eigenvalue weighted by atomic mass is 10.1. The van der Waals surface area contributed by atoms with Crippen molar-refractivity contribution in [2.24, 2.45) is 4.99 Å². The van der Waals surface area contributed by atoms with E-state index in [0.29, 0.717) is 6.04 Å². The average Bonchev–Trinajstić information content (AvgIpc) is 3.19. The molecule has 0 spiro atoms. The Balaban J connectivity index is 3.23. The summed E-state index contributed by atoms with van der Waals surface area (Å²) >= 11 is 0. The van der Waals surface area contributed by atoms with Gasteiger partial charge in [-0.1, -0.05) is 62.5 Å². The van der Waals surface area contributed by atoms with E-state index in [4.69, 9.17) is 9.73 Å². The lowest BCUT2D eigenvalue weighted by molar-refractivity contribution is 0.157. The predicted octanol–water partition coefficient (Wildman–Crippen LogP) is 6.57. The zero-order valence-electron chi connectivity index (χ0n) is 27.9. The second kappa shape index (κ2) is 22.2. The monoisotopic (exact) mass is 567 g/mol. The summed E-state index contributed by atoms with van der Waals surface area (Å²) in [4.78, 5) is 15.2. The van der Waals surface area contributed by atoms with Gasteiger partial charge in [-0.2, -0.15) is 0 Å². The van der Waals surface area contributed by atoms with Gasteiger partial charge < -0.3 is 14.5 Å². The van der Waals surface area contributed by atoms with Crippen LogP contribution in [0.4, 0.5) is 0 Å². The summed E-state index contributed by atoms with van der Waals surface area (Å²) < 4.78 is 5.49. The number of aliphatic imine (C=N–C) groups is 1. The fourth-order valence-electron chi connectivity index (χ4n) is 5.17. The maximum absolute atomic E-state index is 5.49. The summed E-state index contributed by atoms with van der Waals surface area (Å²) in [5.74, 6) is 2.05. The summed E-state index contributed by atoms with van der Waals surface area (Å²) in [7, 11) is 6.21. The average molecular weight is 568 g/mol. The van der Waals surface area contributed by atoms with E-state index in [0.717, 1.165) is 76.8 Å². The van der Waals surface area contributed by atoms with E-state index in [1.807, 2.05) is 0 Å². The maximum atomic E-state index is 5.49. The van der Waals surface area contributed by atoms with E-state index >= 15 is 0 Å². The van der Waals surface area contributed by atoms with Crippen LogP contribution in [0.15, 0.2) is 77.1 Å². The van der Waals surface area contributed by atoms with E-state index in [9.17, 15) is 0 Å². The molecule has 6 nitrogen and oxygen atoms in total. The van der Waals surface area contributed by atoms with Gasteiger partial charge in [0.05, 0.1) is 19.7 Å². The van der Waals surface area contributed by atoms with Crippen molar-refractivity contribution in [3.05, 3.63) is 72.1 Å². The third-order valence-electron chi connectivity index (χ3n) is 7.44. The number of allylic oxidation sites excluding steroid dienone is 6. The molecule has 0 bridgehead atoms. The van der Waals surface area contributed by atoms with Gasteiger partial charge in [0.15, 0.2) is 0 Å². The van der Waals surface area contributed by atoms with Crippen LogP contribution < -0.4 is 0 Å². The first-order chi connectivity index (χ1) is 19.8. The summed E-state index contributed by atoms with van der Waals surface area (Å²) in [6.07, 6.45) is 24.9. The summed E-state index contributed by atoms with van der Waals surface area (Å²) in [5, 5.41) is 0. The Labute approximate surface area is 253 Å². The van der Waals surface area contributed by atoms with E-state index in [2.05, 4.69) is 136 Å². The minimum Gasteiger partial charge on any atom is -0.497 e. The predicted molar refractivity (Wildman–Crippen MR) is 181 cm³/mol. The Morgan fingerprint density at radius 2 is 1.71 bits per heavy atom. The van der Waals surface area contributed by atoms with Gasteiger partial charge in [0.1, 0.15) is 11.6 Å². The molecule has 0 aromatic heterocycles. The first-order valence-electron chi connectivity index (χ1n) is 15.7. The SMILES string of the molecule is CC=CC(/C=C\C)N(CC1=CCC=C(OC)C=C1)C(CN(C)CC(C)N(CC)CCN(C)CCC)=NCC/C=C\C. The largest absolute Gasteiger partial charge is 0.497 e. The van der Waals surface area contributed by atoms with Crippen molar-refractivity contribution in [2.75, 3.05) is 73.6 Å². The highest BCUT2D eigenvalue weighted by Crippen LogP contribution is 2.17. The molecular weight excluding hydrogens is 506 g/mol. The van der Waals surface area contributed by atoms with Gasteiger partial charge in [0, 0.05) is 38.8 Å². The Kier molecular flexibility index (Phi) is 19.8. The fraction of sp³-hybridized carbons (Fsp3) is 0.629. The van der Waals surface area contributed by atoms with E-state index in [1.54, 1.807) is 7.11 Å². The molecule has 0 radical (unpaired) electrons. The maximum Gasteiger partial charge on any atom is 0.115 e. The van der Waals surface area contributed by atoms with Crippen LogP contribution in [-0.4, -0.2) is 111 Å². The number of rotatable bonds is 20. The molecule has 1 rings (SSSR count). The van der Waals surface area contributed by atoms with Gasteiger partial charge in [0.2, 0.25) is 0 Å². The van der Waals surface area contributed by atoms with Gasteiger partial charge in [0.25, 0.3) is 0 Å². The van der Waals surface area contributed by atoms with Gasteiger partial charge in [-0.25, -0.2) is 0 Å². The first-order valence-corrected chi connectivity index (χ1v) is 15.7. The van der Waals surface area contributed by atoms with Gasteiger partial charge in [-0.05, 0) is 91.9 Å². The molecule has 0 aromatic rings. The molecule has 232 valence electrons.